The zero-order valence-corrected chi connectivity index (χ0v) is 16.5. The van der Waals surface area contributed by atoms with Crippen molar-refractivity contribution in [2.45, 2.75) is 37.8 Å². The van der Waals surface area contributed by atoms with E-state index in [4.69, 9.17) is 4.74 Å². The van der Waals surface area contributed by atoms with Crippen LogP contribution in [0.4, 0.5) is 4.39 Å². The predicted octanol–water partition coefficient (Wildman–Crippen LogP) is 2.81. The Morgan fingerprint density at radius 3 is 2.90 bits per heavy atom. The summed E-state index contributed by atoms with van der Waals surface area (Å²) in [6.07, 6.45) is 8.31. The molecule has 29 heavy (non-hydrogen) atoms. The molecule has 1 amide bonds. The van der Waals surface area contributed by atoms with Gasteiger partial charge in [-0.25, -0.2) is 4.39 Å². The van der Waals surface area contributed by atoms with Gasteiger partial charge in [0.05, 0.1) is 11.8 Å². The van der Waals surface area contributed by atoms with E-state index in [0.717, 1.165) is 45.4 Å². The molecule has 0 bridgehead atoms. The summed E-state index contributed by atoms with van der Waals surface area (Å²) in [6.45, 7) is 3.74. The van der Waals surface area contributed by atoms with E-state index in [-0.39, 0.29) is 17.3 Å². The third-order valence-electron chi connectivity index (χ3n) is 6.06. The first kappa shape index (κ1) is 19.9. The number of likely N-dealkylation sites (tertiary alicyclic amines) is 1. The normalized spacial score (nSPS) is 21.8. The van der Waals surface area contributed by atoms with Gasteiger partial charge in [0.15, 0.2) is 0 Å². The van der Waals surface area contributed by atoms with Gasteiger partial charge >= 0.3 is 0 Å². The number of hydrogen-bond donors (Lipinski definition) is 1. The Morgan fingerprint density at radius 2 is 2.14 bits per heavy atom. The van der Waals surface area contributed by atoms with Crippen LogP contribution >= 0.6 is 0 Å². The first-order chi connectivity index (χ1) is 14.1. The highest BCUT2D eigenvalue weighted by Crippen LogP contribution is 2.37. The summed E-state index contributed by atoms with van der Waals surface area (Å²) in [4.78, 5) is 22.4. The number of nitrogens with zero attached hydrogens (tertiary/aromatic N) is 3. The van der Waals surface area contributed by atoms with Gasteiger partial charge in [-0.1, -0.05) is 6.07 Å². The average Bonchev–Trinajstić information content (AvgIpc) is 2.76. The summed E-state index contributed by atoms with van der Waals surface area (Å²) in [5.74, 6) is 0.0337. The van der Waals surface area contributed by atoms with Gasteiger partial charge in [0.25, 0.3) is 5.91 Å². The van der Waals surface area contributed by atoms with Crippen LogP contribution < -0.4 is 5.32 Å². The summed E-state index contributed by atoms with van der Waals surface area (Å²) in [5.41, 5.74) is 1.02. The molecule has 0 aromatic carbocycles. The fourth-order valence-corrected chi connectivity index (χ4v) is 4.37. The lowest BCUT2D eigenvalue weighted by Crippen LogP contribution is -2.50. The van der Waals surface area contributed by atoms with Gasteiger partial charge in [-0.05, 0) is 49.8 Å². The Balaban J connectivity index is 1.27. The molecule has 154 valence electrons. The van der Waals surface area contributed by atoms with Gasteiger partial charge in [0.2, 0.25) is 0 Å². The fraction of sp³-hybridized carbons (Fsp3) is 0.500. The molecule has 2 saturated heterocycles. The van der Waals surface area contributed by atoms with E-state index < -0.39 is 0 Å². The number of carbonyl (C=O) groups is 1. The van der Waals surface area contributed by atoms with E-state index in [0.29, 0.717) is 30.3 Å². The molecule has 2 aromatic rings. The molecule has 1 N–H and O–H groups in total. The minimum Gasteiger partial charge on any atom is -0.375 e. The molecule has 1 spiro atoms. The minimum atomic E-state index is -0.245. The molecule has 6 nitrogen and oxygen atoms in total. The molecule has 0 saturated carbocycles. The summed E-state index contributed by atoms with van der Waals surface area (Å²) in [5, 5.41) is 3.02. The molecule has 7 heteroatoms. The van der Waals surface area contributed by atoms with E-state index in [1.807, 2.05) is 6.07 Å². The van der Waals surface area contributed by atoms with Crippen molar-refractivity contribution in [2.24, 2.45) is 5.92 Å². The SMILES string of the molecule is O=C(NCC1CCOC2(CCN(Cc3ccncc3F)CC2)C1)c1ccccn1. The highest BCUT2D eigenvalue weighted by atomic mass is 19.1. The second-order valence-corrected chi connectivity index (χ2v) is 8.06. The molecular formula is C22H27FN4O2. The van der Waals surface area contributed by atoms with Crippen LogP contribution in [0.3, 0.4) is 0 Å². The zero-order valence-electron chi connectivity index (χ0n) is 16.5. The lowest BCUT2D eigenvalue weighted by atomic mass is 9.79. The lowest BCUT2D eigenvalue weighted by Gasteiger charge is -2.46. The molecule has 4 rings (SSSR count). The number of amides is 1. The first-order valence-corrected chi connectivity index (χ1v) is 10.3. The van der Waals surface area contributed by atoms with Crippen molar-refractivity contribution in [1.29, 1.82) is 0 Å². The molecule has 0 radical (unpaired) electrons. The van der Waals surface area contributed by atoms with E-state index in [9.17, 15) is 9.18 Å². The molecule has 1 atom stereocenters. The van der Waals surface area contributed by atoms with Crippen molar-refractivity contribution < 1.29 is 13.9 Å². The number of aromatic nitrogens is 2. The summed E-state index contributed by atoms with van der Waals surface area (Å²) >= 11 is 0. The van der Waals surface area contributed by atoms with E-state index >= 15 is 0 Å². The molecular weight excluding hydrogens is 371 g/mol. The third-order valence-corrected chi connectivity index (χ3v) is 6.06. The smallest absolute Gasteiger partial charge is 0.269 e. The van der Waals surface area contributed by atoms with Crippen LogP contribution in [0.2, 0.25) is 0 Å². The maximum atomic E-state index is 13.9. The number of carbonyl (C=O) groups excluding carboxylic acids is 1. The van der Waals surface area contributed by atoms with Gasteiger partial charge < -0.3 is 10.1 Å². The summed E-state index contributed by atoms with van der Waals surface area (Å²) in [6, 6.07) is 7.09. The number of halogens is 1. The van der Waals surface area contributed by atoms with Crippen LogP contribution in [0.1, 0.15) is 41.7 Å². The Kier molecular flexibility index (Phi) is 6.16. The van der Waals surface area contributed by atoms with Crippen molar-refractivity contribution in [2.75, 3.05) is 26.2 Å². The molecule has 2 fully saturated rings. The molecule has 2 aliphatic heterocycles. The van der Waals surface area contributed by atoms with Crippen molar-refractivity contribution in [3.05, 3.63) is 59.9 Å². The number of pyridine rings is 2. The lowest BCUT2D eigenvalue weighted by molar-refractivity contribution is -0.127. The molecule has 0 aliphatic carbocycles. The number of piperidine rings is 1. The topological polar surface area (TPSA) is 67.3 Å². The Morgan fingerprint density at radius 1 is 1.28 bits per heavy atom. The Labute approximate surface area is 170 Å². The average molecular weight is 398 g/mol. The number of hydrogen-bond acceptors (Lipinski definition) is 5. The number of nitrogens with one attached hydrogen (secondary N) is 1. The second-order valence-electron chi connectivity index (χ2n) is 8.06. The van der Waals surface area contributed by atoms with Gasteiger partial charge in [0, 0.05) is 50.7 Å². The van der Waals surface area contributed by atoms with Crippen molar-refractivity contribution in [1.82, 2.24) is 20.2 Å². The van der Waals surface area contributed by atoms with Crippen molar-refractivity contribution in [3.63, 3.8) is 0 Å². The van der Waals surface area contributed by atoms with Crippen LogP contribution in [0.15, 0.2) is 42.9 Å². The van der Waals surface area contributed by atoms with E-state index in [1.165, 1.54) is 6.20 Å². The zero-order chi connectivity index (χ0) is 20.1. The minimum absolute atomic E-state index is 0.119. The van der Waals surface area contributed by atoms with Gasteiger partial charge in [-0.15, -0.1) is 0 Å². The van der Waals surface area contributed by atoms with Crippen LogP contribution in [0, 0.1) is 11.7 Å². The maximum absolute atomic E-state index is 13.9. The van der Waals surface area contributed by atoms with E-state index in [2.05, 4.69) is 20.2 Å². The first-order valence-electron chi connectivity index (χ1n) is 10.3. The summed E-state index contributed by atoms with van der Waals surface area (Å²) < 4.78 is 20.1. The van der Waals surface area contributed by atoms with Crippen molar-refractivity contribution >= 4 is 5.91 Å². The highest BCUT2D eigenvalue weighted by molar-refractivity contribution is 5.92. The van der Waals surface area contributed by atoms with Crippen LogP contribution in [0.25, 0.3) is 0 Å². The van der Waals surface area contributed by atoms with Crippen LogP contribution in [0.5, 0.6) is 0 Å². The number of ether oxygens (including phenoxy) is 1. The number of rotatable bonds is 5. The molecule has 1 unspecified atom stereocenters. The second kappa shape index (κ2) is 8.97. The van der Waals surface area contributed by atoms with Crippen LogP contribution in [-0.4, -0.2) is 52.6 Å². The third kappa shape index (κ3) is 4.97. The monoisotopic (exact) mass is 398 g/mol. The molecule has 2 aliphatic rings. The van der Waals surface area contributed by atoms with Gasteiger partial charge in [0.1, 0.15) is 11.5 Å². The van der Waals surface area contributed by atoms with Crippen LogP contribution in [-0.2, 0) is 11.3 Å². The summed E-state index contributed by atoms with van der Waals surface area (Å²) in [7, 11) is 0. The molecule has 2 aromatic heterocycles. The van der Waals surface area contributed by atoms with Gasteiger partial charge in [-0.3, -0.25) is 19.7 Å². The predicted molar refractivity (Wildman–Crippen MR) is 107 cm³/mol. The van der Waals surface area contributed by atoms with E-state index in [1.54, 1.807) is 30.6 Å². The van der Waals surface area contributed by atoms with Gasteiger partial charge in [-0.2, -0.15) is 0 Å². The largest absolute Gasteiger partial charge is 0.375 e. The maximum Gasteiger partial charge on any atom is 0.269 e. The highest BCUT2D eigenvalue weighted by Gasteiger charge is 2.40. The Bertz CT molecular complexity index is 825. The molecule has 4 heterocycles. The Hall–Kier alpha value is -2.38. The standard InChI is InChI=1S/C22H27FN4O2/c23-19-15-24-9-4-18(19)16-27-10-6-22(7-11-27)13-17(5-12-29-22)14-26-21(28)20-3-1-2-8-25-20/h1-4,8-9,15,17H,5-7,10-14,16H2,(H,26,28). The fourth-order valence-electron chi connectivity index (χ4n) is 4.37. The quantitative estimate of drug-likeness (QED) is 0.839. The van der Waals surface area contributed by atoms with Crippen molar-refractivity contribution in [3.8, 4) is 0 Å².